The number of rotatable bonds is 6. The number of carbonyl (C=O) groups excluding carboxylic acids is 1. The molecule has 0 saturated heterocycles. The maximum Gasteiger partial charge on any atom is 0.303 e. The van der Waals surface area contributed by atoms with Gasteiger partial charge in [0.15, 0.2) is 5.78 Å². The maximum atomic E-state index is 12.3. The topological polar surface area (TPSA) is 74.6 Å². The van der Waals surface area contributed by atoms with Gasteiger partial charge in [0, 0.05) is 12.8 Å². The summed E-state index contributed by atoms with van der Waals surface area (Å²) in [6, 6.07) is 0. The summed E-state index contributed by atoms with van der Waals surface area (Å²) in [4.78, 5) is 23.7. The summed E-state index contributed by atoms with van der Waals surface area (Å²) in [6.07, 6.45) is 12.0. The van der Waals surface area contributed by atoms with Gasteiger partial charge in [0.1, 0.15) is 0 Å². The third kappa shape index (κ3) is 2.96. The first kappa shape index (κ1) is 21.7. The molecule has 5 rings (SSSR count). The van der Waals surface area contributed by atoms with E-state index in [1.807, 2.05) is 6.08 Å². The minimum Gasteiger partial charge on any atom is -0.481 e. The molecule has 9 atom stereocenters. The Morgan fingerprint density at radius 1 is 1.23 bits per heavy atom. The largest absolute Gasteiger partial charge is 0.481 e. The Bertz CT molecular complexity index is 816. The van der Waals surface area contributed by atoms with Gasteiger partial charge in [-0.1, -0.05) is 39.2 Å². The normalized spacial score (nSPS) is 50.1. The molecule has 0 heterocycles. The number of hydrogen-bond acceptors (Lipinski definition) is 3. The molecular formula is C27H40O4. The highest BCUT2D eigenvalue weighted by molar-refractivity contribution is 5.91. The van der Waals surface area contributed by atoms with Crippen molar-refractivity contribution in [3.8, 4) is 0 Å². The lowest BCUT2D eigenvalue weighted by molar-refractivity contribution is -0.166. The van der Waals surface area contributed by atoms with Crippen LogP contribution in [0.2, 0.25) is 0 Å². The quantitative estimate of drug-likeness (QED) is 0.595. The molecule has 2 N–H and O–H groups in total. The van der Waals surface area contributed by atoms with Crippen molar-refractivity contribution in [2.45, 2.75) is 97.0 Å². The highest BCUT2D eigenvalue weighted by Gasteiger charge is 2.76. The summed E-state index contributed by atoms with van der Waals surface area (Å²) < 4.78 is 0. The molecule has 5 aliphatic rings. The first-order chi connectivity index (χ1) is 14.7. The van der Waals surface area contributed by atoms with Gasteiger partial charge in [0.25, 0.3) is 0 Å². The molecule has 4 saturated carbocycles. The lowest BCUT2D eigenvalue weighted by Gasteiger charge is -2.62. The second-order valence-corrected chi connectivity index (χ2v) is 12.1. The Balaban J connectivity index is 1.53. The molecule has 0 aliphatic heterocycles. The number of carboxylic acid groups (broad SMARTS) is 1. The van der Waals surface area contributed by atoms with E-state index in [9.17, 15) is 19.8 Å². The van der Waals surface area contributed by atoms with Crippen LogP contribution in [0.25, 0.3) is 0 Å². The van der Waals surface area contributed by atoms with Gasteiger partial charge in [0.05, 0.1) is 5.60 Å². The van der Waals surface area contributed by atoms with Crippen LogP contribution in [0.3, 0.4) is 0 Å². The van der Waals surface area contributed by atoms with Crippen LogP contribution in [0.15, 0.2) is 11.6 Å². The monoisotopic (exact) mass is 428 g/mol. The summed E-state index contributed by atoms with van der Waals surface area (Å²) in [6.45, 7) is 6.99. The van der Waals surface area contributed by atoms with Crippen molar-refractivity contribution in [2.75, 3.05) is 0 Å². The summed E-state index contributed by atoms with van der Waals surface area (Å²) in [5, 5.41) is 21.3. The number of aliphatic hydroxyl groups is 1. The van der Waals surface area contributed by atoms with E-state index >= 15 is 0 Å². The van der Waals surface area contributed by atoms with Crippen molar-refractivity contribution >= 4 is 11.8 Å². The van der Waals surface area contributed by atoms with Crippen LogP contribution >= 0.6 is 0 Å². The van der Waals surface area contributed by atoms with Crippen molar-refractivity contribution in [3.05, 3.63) is 11.6 Å². The number of carbonyl (C=O) groups is 2. The number of carboxylic acids is 1. The van der Waals surface area contributed by atoms with Crippen LogP contribution < -0.4 is 0 Å². The Morgan fingerprint density at radius 2 is 2.00 bits per heavy atom. The number of allylic oxidation sites excluding steroid dienone is 1. The van der Waals surface area contributed by atoms with E-state index in [2.05, 4.69) is 20.8 Å². The molecule has 31 heavy (non-hydrogen) atoms. The maximum absolute atomic E-state index is 12.3. The zero-order chi connectivity index (χ0) is 22.2. The van der Waals surface area contributed by atoms with Crippen LogP contribution in [0, 0.1) is 46.3 Å². The third-order valence-electron chi connectivity index (χ3n) is 10.9. The van der Waals surface area contributed by atoms with E-state index in [4.69, 9.17) is 0 Å². The van der Waals surface area contributed by atoms with Gasteiger partial charge in [-0.05, 0) is 97.4 Å². The zero-order valence-corrected chi connectivity index (χ0v) is 19.5. The minimum absolute atomic E-state index is 0.0715. The highest BCUT2D eigenvalue weighted by Crippen LogP contribution is 2.78. The van der Waals surface area contributed by atoms with E-state index < -0.39 is 11.6 Å². The molecule has 4 fully saturated rings. The van der Waals surface area contributed by atoms with Crippen LogP contribution in [0.4, 0.5) is 0 Å². The van der Waals surface area contributed by atoms with E-state index in [1.165, 1.54) is 24.8 Å². The highest BCUT2D eigenvalue weighted by atomic mass is 16.4. The van der Waals surface area contributed by atoms with Crippen molar-refractivity contribution in [1.82, 2.24) is 0 Å². The fraction of sp³-hybridized carbons (Fsp3) is 0.852. The standard InChI is InChI=1S/C27H40O4/c1-4-5-6-16-13-17-14-18(28)7-10-25(17,2)20-8-11-26(3)24(23(16)20)19-15-21(19)27(26,31)12-9-22(29)30/h14,16,19-21,23-24,31H,4-13,15H2,1-3H3,(H,29,30)/t16-,19-,20+,21+,23-,24+,25+,26+,27+/m1/s1. The van der Waals surface area contributed by atoms with E-state index in [0.29, 0.717) is 54.1 Å². The Hall–Kier alpha value is -1.16. The molecule has 0 radical (unpaired) electrons. The number of unbranched alkanes of at least 4 members (excludes halogenated alkanes) is 1. The first-order valence-corrected chi connectivity index (χ1v) is 12.8. The lowest BCUT2D eigenvalue weighted by atomic mass is 9.42. The molecule has 0 unspecified atom stereocenters. The van der Waals surface area contributed by atoms with Crippen molar-refractivity contribution in [2.24, 2.45) is 46.3 Å². The lowest BCUT2D eigenvalue weighted by Crippen LogP contribution is -2.58. The van der Waals surface area contributed by atoms with Crippen LogP contribution in [0.5, 0.6) is 0 Å². The number of ketones is 1. The Kier molecular flexibility index (Phi) is 5.01. The molecule has 5 aliphatic carbocycles. The summed E-state index contributed by atoms with van der Waals surface area (Å²) in [5.74, 6) is 2.70. The van der Waals surface area contributed by atoms with Gasteiger partial charge < -0.3 is 10.2 Å². The Labute approximate surface area is 186 Å². The van der Waals surface area contributed by atoms with Crippen LogP contribution in [0.1, 0.15) is 91.4 Å². The number of fused-ring (bicyclic) bond motifs is 7. The summed E-state index contributed by atoms with van der Waals surface area (Å²) in [5.41, 5.74) is 0.570. The SMILES string of the molecule is CCCC[C@@H]1CC2=CC(=O)CC[C@]2(C)[C@H]2CC[C@@]3(C)[C@@H]([C@@H]4C[C@@H]4[C@@]3(O)CCC(=O)O)[C@H]12. The van der Waals surface area contributed by atoms with E-state index in [1.54, 1.807) is 0 Å². The van der Waals surface area contributed by atoms with E-state index in [-0.39, 0.29) is 17.3 Å². The predicted octanol–water partition coefficient (Wildman–Crippen LogP) is 5.39. The van der Waals surface area contributed by atoms with Gasteiger partial charge in [-0.2, -0.15) is 0 Å². The molecule has 4 heteroatoms. The van der Waals surface area contributed by atoms with E-state index in [0.717, 1.165) is 32.1 Å². The fourth-order valence-electron chi connectivity index (χ4n) is 9.34. The van der Waals surface area contributed by atoms with Crippen LogP contribution in [-0.2, 0) is 9.59 Å². The third-order valence-corrected chi connectivity index (χ3v) is 10.9. The molecule has 0 aromatic heterocycles. The molecule has 0 spiro atoms. The van der Waals surface area contributed by atoms with Crippen molar-refractivity contribution in [3.63, 3.8) is 0 Å². The minimum atomic E-state index is -0.819. The molecule has 0 amide bonds. The van der Waals surface area contributed by atoms with Gasteiger partial charge in [-0.25, -0.2) is 0 Å². The molecule has 4 nitrogen and oxygen atoms in total. The van der Waals surface area contributed by atoms with Crippen LogP contribution in [-0.4, -0.2) is 27.6 Å². The Morgan fingerprint density at radius 3 is 2.71 bits per heavy atom. The predicted molar refractivity (Wildman–Crippen MR) is 119 cm³/mol. The van der Waals surface area contributed by atoms with Gasteiger partial charge in [-0.3, -0.25) is 9.59 Å². The van der Waals surface area contributed by atoms with Gasteiger partial charge in [0.2, 0.25) is 0 Å². The molecule has 0 aromatic rings. The molecule has 0 aromatic carbocycles. The number of aliphatic carboxylic acids is 1. The van der Waals surface area contributed by atoms with Gasteiger partial charge >= 0.3 is 5.97 Å². The summed E-state index contributed by atoms with van der Waals surface area (Å²) >= 11 is 0. The smallest absolute Gasteiger partial charge is 0.303 e. The number of hydrogen-bond donors (Lipinski definition) is 2. The fourth-order valence-corrected chi connectivity index (χ4v) is 9.34. The molecular weight excluding hydrogens is 388 g/mol. The van der Waals surface area contributed by atoms with Crippen molar-refractivity contribution in [1.29, 1.82) is 0 Å². The first-order valence-electron chi connectivity index (χ1n) is 12.8. The average molecular weight is 429 g/mol. The van der Waals surface area contributed by atoms with Gasteiger partial charge in [-0.15, -0.1) is 0 Å². The molecule has 172 valence electrons. The average Bonchev–Trinajstić information content (AvgIpc) is 3.48. The second kappa shape index (κ2) is 7.17. The summed E-state index contributed by atoms with van der Waals surface area (Å²) in [7, 11) is 0. The second-order valence-electron chi connectivity index (χ2n) is 12.1. The van der Waals surface area contributed by atoms with Crippen molar-refractivity contribution < 1.29 is 19.8 Å². The molecule has 0 bridgehead atoms. The zero-order valence-electron chi connectivity index (χ0n) is 19.5.